The third kappa shape index (κ3) is 3.39. The van der Waals surface area contributed by atoms with Crippen LogP contribution in [0.5, 0.6) is 0 Å². The highest BCUT2D eigenvalue weighted by Gasteiger charge is 2.14. The Hall–Kier alpha value is -2.82. The summed E-state index contributed by atoms with van der Waals surface area (Å²) < 4.78 is 0. The van der Waals surface area contributed by atoms with Crippen molar-refractivity contribution in [3.8, 4) is 0 Å². The molecule has 0 fully saturated rings. The molecule has 0 spiro atoms. The molecule has 0 bridgehead atoms. The molecule has 0 radical (unpaired) electrons. The maximum Gasteiger partial charge on any atom is 0.337 e. The molecule has 5 nitrogen and oxygen atoms in total. The van der Waals surface area contributed by atoms with Gasteiger partial charge in [-0.25, -0.2) is 4.79 Å². The predicted octanol–water partition coefficient (Wildman–Crippen LogP) is 2.84. The van der Waals surface area contributed by atoms with Gasteiger partial charge in [-0.3, -0.25) is 4.79 Å². The zero-order chi connectivity index (χ0) is 15.6. The second-order valence-electron chi connectivity index (χ2n) is 4.94. The first-order valence-corrected chi connectivity index (χ1v) is 6.39. The largest absolute Gasteiger partial charge is 0.478 e. The van der Waals surface area contributed by atoms with E-state index in [-0.39, 0.29) is 17.2 Å². The molecule has 2 rings (SSSR count). The van der Waals surface area contributed by atoms with E-state index in [4.69, 9.17) is 10.8 Å². The number of benzene rings is 2. The topological polar surface area (TPSA) is 92.4 Å². The number of carbonyl (C=O) groups excluding carboxylic acids is 1. The number of aromatic carboxylic acids is 1. The van der Waals surface area contributed by atoms with Gasteiger partial charge in [0, 0.05) is 11.3 Å². The lowest BCUT2D eigenvalue weighted by Crippen LogP contribution is -2.15. The van der Waals surface area contributed by atoms with Crippen LogP contribution < -0.4 is 11.1 Å². The van der Waals surface area contributed by atoms with Gasteiger partial charge >= 0.3 is 5.97 Å². The van der Waals surface area contributed by atoms with Crippen LogP contribution in [0.1, 0.15) is 31.8 Å². The molecule has 0 unspecified atom stereocenters. The van der Waals surface area contributed by atoms with Gasteiger partial charge < -0.3 is 16.2 Å². The Balaban J connectivity index is 2.33. The normalized spacial score (nSPS) is 10.2. The van der Waals surface area contributed by atoms with E-state index >= 15 is 0 Å². The van der Waals surface area contributed by atoms with Crippen LogP contribution in [-0.4, -0.2) is 17.0 Å². The smallest absolute Gasteiger partial charge is 0.337 e. The Labute approximate surface area is 122 Å². The van der Waals surface area contributed by atoms with E-state index in [0.29, 0.717) is 11.3 Å². The molecule has 0 aliphatic carbocycles. The fourth-order valence-electron chi connectivity index (χ4n) is 2.15. The quantitative estimate of drug-likeness (QED) is 0.756. The standard InChI is InChI=1S/C16H16N2O3/c1-9-5-10(2)7-11(6-9)15(19)18-14-4-3-12(17)8-13(14)16(20)21/h3-8H,17H2,1-2H3,(H,18,19)(H,20,21). The van der Waals surface area contributed by atoms with Crippen LogP contribution in [0.2, 0.25) is 0 Å². The molecule has 1 amide bonds. The number of hydrogen-bond donors (Lipinski definition) is 3. The summed E-state index contributed by atoms with van der Waals surface area (Å²) >= 11 is 0. The van der Waals surface area contributed by atoms with E-state index < -0.39 is 5.97 Å². The van der Waals surface area contributed by atoms with Crippen LogP contribution >= 0.6 is 0 Å². The number of carbonyl (C=O) groups is 2. The van der Waals surface area contributed by atoms with Crippen LogP contribution in [0, 0.1) is 13.8 Å². The first kappa shape index (κ1) is 14.6. The Morgan fingerprint density at radius 1 is 1.05 bits per heavy atom. The highest BCUT2D eigenvalue weighted by atomic mass is 16.4. The number of carboxylic acid groups (broad SMARTS) is 1. The number of rotatable bonds is 3. The van der Waals surface area contributed by atoms with E-state index in [1.165, 1.54) is 12.1 Å². The number of aryl methyl sites for hydroxylation is 2. The summed E-state index contributed by atoms with van der Waals surface area (Å²) in [5.74, 6) is -1.49. The van der Waals surface area contributed by atoms with Gasteiger partial charge in [0.1, 0.15) is 0 Å². The van der Waals surface area contributed by atoms with E-state index in [2.05, 4.69) is 5.32 Å². The summed E-state index contributed by atoms with van der Waals surface area (Å²) in [5.41, 5.74) is 8.51. The van der Waals surface area contributed by atoms with Crippen LogP contribution in [0.3, 0.4) is 0 Å². The van der Waals surface area contributed by atoms with Crippen molar-refractivity contribution in [3.63, 3.8) is 0 Å². The maximum absolute atomic E-state index is 12.2. The lowest BCUT2D eigenvalue weighted by molar-refractivity contribution is 0.0698. The third-order valence-electron chi connectivity index (χ3n) is 3.01. The molecule has 2 aromatic carbocycles. The number of nitrogen functional groups attached to an aromatic ring is 1. The molecule has 108 valence electrons. The number of hydrogen-bond acceptors (Lipinski definition) is 3. The molecule has 0 heterocycles. The SMILES string of the molecule is Cc1cc(C)cc(C(=O)Nc2ccc(N)cc2C(=O)O)c1. The monoisotopic (exact) mass is 284 g/mol. The summed E-state index contributed by atoms with van der Waals surface area (Å²) in [6.07, 6.45) is 0. The summed E-state index contributed by atoms with van der Waals surface area (Å²) in [5, 5.41) is 11.8. The summed E-state index contributed by atoms with van der Waals surface area (Å²) in [6, 6.07) is 9.81. The summed E-state index contributed by atoms with van der Waals surface area (Å²) in [7, 11) is 0. The molecule has 0 aliphatic heterocycles. The van der Waals surface area contributed by atoms with E-state index in [1.807, 2.05) is 19.9 Å². The average Bonchev–Trinajstić information content (AvgIpc) is 2.39. The summed E-state index contributed by atoms with van der Waals surface area (Å²) in [6.45, 7) is 3.80. The van der Waals surface area contributed by atoms with Crippen LogP contribution in [0.4, 0.5) is 11.4 Å². The van der Waals surface area contributed by atoms with Gasteiger partial charge in [-0.05, 0) is 44.2 Å². The minimum Gasteiger partial charge on any atom is -0.478 e. The molecule has 2 aromatic rings. The van der Waals surface area contributed by atoms with Gasteiger partial charge in [0.05, 0.1) is 11.3 Å². The van der Waals surface area contributed by atoms with Gasteiger partial charge in [0.15, 0.2) is 0 Å². The van der Waals surface area contributed by atoms with Gasteiger partial charge in [-0.15, -0.1) is 0 Å². The third-order valence-corrected chi connectivity index (χ3v) is 3.01. The van der Waals surface area contributed by atoms with Crippen molar-refractivity contribution in [3.05, 3.63) is 58.7 Å². The van der Waals surface area contributed by atoms with Crippen molar-refractivity contribution in [2.24, 2.45) is 0 Å². The minimum atomic E-state index is -1.14. The Bertz CT molecular complexity index is 703. The van der Waals surface area contributed by atoms with Crippen molar-refractivity contribution in [1.82, 2.24) is 0 Å². The Morgan fingerprint density at radius 2 is 1.67 bits per heavy atom. The van der Waals surface area contributed by atoms with Crippen LogP contribution in [0.25, 0.3) is 0 Å². The molecule has 4 N–H and O–H groups in total. The van der Waals surface area contributed by atoms with Crippen molar-refractivity contribution in [2.75, 3.05) is 11.1 Å². The fourth-order valence-corrected chi connectivity index (χ4v) is 2.15. The molecule has 0 aromatic heterocycles. The van der Waals surface area contributed by atoms with Crippen LogP contribution in [0.15, 0.2) is 36.4 Å². The number of nitrogens with one attached hydrogen (secondary N) is 1. The lowest BCUT2D eigenvalue weighted by Gasteiger charge is -2.10. The molecule has 0 saturated carbocycles. The highest BCUT2D eigenvalue weighted by Crippen LogP contribution is 2.20. The molecular formula is C16H16N2O3. The van der Waals surface area contributed by atoms with E-state index in [1.54, 1.807) is 18.2 Å². The van der Waals surface area contributed by atoms with Gasteiger partial charge in [-0.1, -0.05) is 17.2 Å². The summed E-state index contributed by atoms with van der Waals surface area (Å²) in [4.78, 5) is 23.4. The predicted molar refractivity (Wildman–Crippen MR) is 81.7 cm³/mol. The minimum absolute atomic E-state index is 0.0345. The van der Waals surface area contributed by atoms with Gasteiger partial charge in [0.2, 0.25) is 0 Å². The number of anilines is 2. The number of amides is 1. The molecule has 0 atom stereocenters. The van der Waals surface area contributed by atoms with Gasteiger partial charge in [-0.2, -0.15) is 0 Å². The molecule has 5 heteroatoms. The molecular weight excluding hydrogens is 268 g/mol. The Kier molecular flexibility index (Phi) is 3.93. The first-order valence-electron chi connectivity index (χ1n) is 6.39. The zero-order valence-electron chi connectivity index (χ0n) is 11.8. The average molecular weight is 284 g/mol. The first-order chi connectivity index (χ1) is 9.86. The highest BCUT2D eigenvalue weighted by molar-refractivity contribution is 6.08. The maximum atomic E-state index is 12.2. The lowest BCUT2D eigenvalue weighted by atomic mass is 10.1. The van der Waals surface area contributed by atoms with Gasteiger partial charge in [0.25, 0.3) is 5.91 Å². The van der Waals surface area contributed by atoms with Crippen molar-refractivity contribution in [1.29, 1.82) is 0 Å². The molecule has 21 heavy (non-hydrogen) atoms. The van der Waals surface area contributed by atoms with Crippen molar-refractivity contribution < 1.29 is 14.7 Å². The second-order valence-corrected chi connectivity index (χ2v) is 4.94. The van der Waals surface area contributed by atoms with E-state index in [0.717, 1.165) is 11.1 Å². The Morgan fingerprint density at radius 3 is 2.24 bits per heavy atom. The van der Waals surface area contributed by atoms with Crippen molar-refractivity contribution in [2.45, 2.75) is 13.8 Å². The second kappa shape index (κ2) is 5.66. The molecule has 0 aliphatic rings. The molecule has 0 saturated heterocycles. The van der Waals surface area contributed by atoms with E-state index in [9.17, 15) is 9.59 Å². The number of carboxylic acids is 1. The number of nitrogens with two attached hydrogens (primary N) is 1. The van der Waals surface area contributed by atoms with Crippen molar-refractivity contribution >= 4 is 23.3 Å². The zero-order valence-corrected chi connectivity index (χ0v) is 11.8. The van der Waals surface area contributed by atoms with Crippen LogP contribution in [-0.2, 0) is 0 Å². The fraction of sp³-hybridized carbons (Fsp3) is 0.125.